The third-order valence-corrected chi connectivity index (χ3v) is 5.61. The summed E-state index contributed by atoms with van der Waals surface area (Å²) in [4.78, 5) is 47.0. The molecule has 0 saturated carbocycles. The van der Waals surface area contributed by atoms with Crippen LogP contribution in [0.4, 0.5) is 22.2 Å². The number of pyridine rings is 1. The van der Waals surface area contributed by atoms with E-state index in [1.54, 1.807) is 60.2 Å². The number of carbonyl (C=O) groups excluding carboxylic acids is 3. The number of amides is 3. The summed E-state index contributed by atoms with van der Waals surface area (Å²) in [6, 6.07) is 19.2. The number of thiazole rings is 1. The van der Waals surface area contributed by atoms with E-state index in [0.717, 1.165) is 5.69 Å². The zero-order valence-corrected chi connectivity index (χ0v) is 19.5. The molecule has 2 N–H and O–H groups in total. The number of hydrogen-bond acceptors (Lipinski definition) is 6. The Balaban J connectivity index is 1.40. The van der Waals surface area contributed by atoms with E-state index >= 15 is 0 Å². The van der Waals surface area contributed by atoms with Crippen LogP contribution in [0.1, 0.15) is 23.0 Å². The third kappa shape index (κ3) is 6.24. The zero-order chi connectivity index (χ0) is 24.6. The van der Waals surface area contributed by atoms with Gasteiger partial charge in [0.2, 0.25) is 11.8 Å². The van der Waals surface area contributed by atoms with Gasteiger partial charge in [-0.15, -0.1) is 11.3 Å². The second kappa shape index (κ2) is 11.0. The number of anilines is 4. The van der Waals surface area contributed by atoms with Crippen molar-refractivity contribution in [3.05, 3.63) is 102 Å². The maximum absolute atomic E-state index is 12.5. The first kappa shape index (κ1) is 23.5. The van der Waals surface area contributed by atoms with E-state index in [4.69, 9.17) is 0 Å². The highest BCUT2D eigenvalue weighted by Crippen LogP contribution is 2.29. The normalized spacial score (nSPS) is 10.7. The van der Waals surface area contributed by atoms with E-state index in [-0.39, 0.29) is 17.7 Å². The maximum atomic E-state index is 12.5. The second-order valence-electron chi connectivity index (χ2n) is 7.34. The highest BCUT2D eigenvalue weighted by atomic mass is 32.1. The lowest BCUT2D eigenvalue weighted by atomic mass is 10.2. The molecule has 2 aromatic heterocycles. The molecular formula is C26H21N5O3S. The Kier molecular flexibility index (Phi) is 7.39. The van der Waals surface area contributed by atoms with Gasteiger partial charge in [-0.3, -0.25) is 24.3 Å². The molecule has 0 atom stereocenters. The van der Waals surface area contributed by atoms with Gasteiger partial charge in [0.1, 0.15) is 0 Å². The number of hydrogen-bond donors (Lipinski definition) is 2. The number of para-hydroxylation sites is 1. The van der Waals surface area contributed by atoms with Gasteiger partial charge in [0.25, 0.3) is 5.91 Å². The first-order valence-electron chi connectivity index (χ1n) is 10.6. The largest absolute Gasteiger partial charge is 0.322 e. The standard InChI is InChI=1S/C26H21N5O3S/c1-18(32)31(23-8-3-2-4-9-23)26-30-22(17-35-26)10-11-24(33)28-21-7-5-6-19(16-21)25(34)29-20-12-14-27-15-13-20/h2-17H,1H3,(H,28,33)(H,27,29,34)/b11-10+. The number of carbonyl (C=O) groups is 3. The van der Waals surface area contributed by atoms with Gasteiger partial charge in [0.05, 0.1) is 11.4 Å². The van der Waals surface area contributed by atoms with E-state index in [2.05, 4.69) is 20.6 Å². The summed E-state index contributed by atoms with van der Waals surface area (Å²) in [5.74, 6) is -0.837. The Morgan fingerprint density at radius 1 is 0.914 bits per heavy atom. The van der Waals surface area contributed by atoms with Crippen LogP contribution >= 0.6 is 11.3 Å². The van der Waals surface area contributed by atoms with Crippen molar-refractivity contribution in [3.63, 3.8) is 0 Å². The maximum Gasteiger partial charge on any atom is 0.255 e. The predicted molar refractivity (Wildman–Crippen MR) is 138 cm³/mol. The average Bonchev–Trinajstić information content (AvgIpc) is 3.32. The van der Waals surface area contributed by atoms with Crippen molar-refractivity contribution in [1.82, 2.24) is 9.97 Å². The molecule has 3 amide bonds. The van der Waals surface area contributed by atoms with Crippen LogP contribution in [0.15, 0.2) is 90.6 Å². The molecular weight excluding hydrogens is 462 g/mol. The van der Waals surface area contributed by atoms with E-state index in [1.807, 2.05) is 30.3 Å². The summed E-state index contributed by atoms with van der Waals surface area (Å²) in [5.41, 5.74) is 2.77. The summed E-state index contributed by atoms with van der Waals surface area (Å²) in [7, 11) is 0. The average molecular weight is 484 g/mol. The first-order valence-corrected chi connectivity index (χ1v) is 11.5. The minimum atomic E-state index is -0.377. The fraction of sp³-hybridized carbons (Fsp3) is 0.0385. The molecule has 0 unspecified atom stereocenters. The van der Waals surface area contributed by atoms with Crippen LogP contribution in [-0.2, 0) is 9.59 Å². The molecule has 0 aliphatic rings. The topological polar surface area (TPSA) is 104 Å². The smallest absolute Gasteiger partial charge is 0.255 e. The lowest BCUT2D eigenvalue weighted by Crippen LogP contribution is -2.22. The number of benzene rings is 2. The minimum Gasteiger partial charge on any atom is -0.322 e. The summed E-state index contributed by atoms with van der Waals surface area (Å²) >= 11 is 1.30. The van der Waals surface area contributed by atoms with Crippen molar-refractivity contribution in [2.45, 2.75) is 6.92 Å². The van der Waals surface area contributed by atoms with Crippen molar-refractivity contribution in [2.24, 2.45) is 0 Å². The second-order valence-corrected chi connectivity index (χ2v) is 8.17. The van der Waals surface area contributed by atoms with Gasteiger partial charge >= 0.3 is 0 Å². The molecule has 9 heteroatoms. The quantitative estimate of drug-likeness (QED) is 0.355. The number of nitrogens with zero attached hydrogens (tertiary/aromatic N) is 3. The van der Waals surface area contributed by atoms with Crippen LogP contribution < -0.4 is 15.5 Å². The SMILES string of the molecule is CC(=O)N(c1ccccc1)c1nc(/C=C/C(=O)Nc2cccc(C(=O)Nc3ccncc3)c2)cs1. The van der Waals surface area contributed by atoms with Gasteiger partial charge in [-0.2, -0.15) is 0 Å². The van der Waals surface area contributed by atoms with Crippen molar-refractivity contribution in [1.29, 1.82) is 0 Å². The van der Waals surface area contributed by atoms with Crippen LogP contribution in [0.25, 0.3) is 6.08 Å². The number of nitrogens with one attached hydrogen (secondary N) is 2. The molecule has 0 bridgehead atoms. The molecule has 0 aliphatic heterocycles. The summed E-state index contributed by atoms with van der Waals surface area (Å²) in [6.45, 7) is 1.48. The van der Waals surface area contributed by atoms with Gasteiger partial charge in [-0.05, 0) is 48.5 Å². The molecule has 4 aromatic rings. The Labute approximate surface area is 206 Å². The van der Waals surface area contributed by atoms with Gasteiger partial charge in [0, 0.05) is 47.7 Å². The highest BCUT2D eigenvalue weighted by Gasteiger charge is 2.17. The Morgan fingerprint density at radius 3 is 2.43 bits per heavy atom. The fourth-order valence-electron chi connectivity index (χ4n) is 3.18. The zero-order valence-electron chi connectivity index (χ0n) is 18.7. The Morgan fingerprint density at radius 2 is 1.69 bits per heavy atom. The Hall–Kier alpha value is -4.63. The summed E-state index contributed by atoms with van der Waals surface area (Å²) in [5, 5.41) is 7.79. The van der Waals surface area contributed by atoms with Crippen molar-refractivity contribution >= 4 is 57.3 Å². The van der Waals surface area contributed by atoms with Crippen LogP contribution in [0.3, 0.4) is 0 Å². The van der Waals surface area contributed by atoms with E-state index in [9.17, 15) is 14.4 Å². The van der Waals surface area contributed by atoms with Crippen LogP contribution in [0, 0.1) is 0 Å². The van der Waals surface area contributed by atoms with Gasteiger partial charge in [-0.25, -0.2) is 4.98 Å². The lowest BCUT2D eigenvalue weighted by Gasteiger charge is -2.17. The molecule has 174 valence electrons. The fourth-order valence-corrected chi connectivity index (χ4v) is 4.04. The molecule has 2 aromatic carbocycles. The lowest BCUT2D eigenvalue weighted by molar-refractivity contribution is -0.116. The monoisotopic (exact) mass is 483 g/mol. The summed E-state index contributed by atoms with van der Waals surface area (Å²) < 4.78 is 0. The van der Waals surface area contributed by atoms with Gasteiger partial charge in [0.15, 0.2) is 5.13 Å². The first-order chi connectivity index (χ1) is 17.0. The highest BCUT2D eigenvalue weighted by molar-refractivity contribution is 7.14. The van der Waals surface area contributed by atoms with E-state index < -0.39 is 0 Å². The molecule has 8 nitrogen and oxygen atoms in total. The predicted octanol–water partition coefficient (Wildman–Crippen LogP) is 5.13. The van der Waals surface area contributed by atoms with Crippen molar-refractivity contribution < 1.29 is 14.4 Å². The summed E-state index contributed by atoms with van der Waals surface area (Å²) in [6.07, 6.45) is 6.09. The van der Waals surface area contributed by atoms with Crippen LogP contribution in [0.5, 0.6) is 0 Å². The molecule has 0 radical (unpaired) electrons. The Bertz CT molecular complexity index is 1370. The molecule has 4 rings (SSSR count). The minimum absolute atomic E-state index is 0.160. The number of rotatable bonds is 7. The molecule has 0 aliphatic carbocycles. The van der Waals surface area contributed by atoms with E-state index in [1.165, 1.54) is 29.2 Å². The van der Waals surface area contributed by atoms with Gasteiger partial charge < -0.3 is 10.6 Å². The number of aromatic nitrogens is 2. The molecule has 2 heterocycles. The molecule has 0 spiro atoms. The van der Waals surface area contributed by atoms with Crippen LogP contribution in [-0.4, -0.2) is 27.7 Å². The third-order valence-electron chi connectivity index (χ3n) is 4.77. The van der Waals surface area contributed by atoms with Crippen LogP contribution in [0.2, 0.25) is 0 Å². The van der Waals surface area contributed by atoms with E-state index in [0.29, 0.717) is 27.8 Å². The van der Waals surface area contributed by atoms with Crippen molar-refractivity contribution in [2.75, 3.05) is 15.5 Å². The van der Waals surface area contributed by atoms with Gasteiger partial charge in [-0.1, -0.05) is 24.3 Å². The molecule has 35 heavy (non-hydrogen) atoms. The molecule has 0 saturated heterocycles. The molecule has 0 fully saturated rings. The van der Waals surface area contributed by atoms with Crippen molar-refractivity contribution in [3.8, 4) is 0 Å².